The molecule has 3 aliphatic rings. The van der Waals surface area contributed by atoms with Gasteiger partial charge in [0, 0.05) is 39.8 Å². The van der Waals surface area contributed by atoms with Crippen molar-refractivity contribution in [3.05, 3.63) is 35.4 Å². The molecule has 1 saturated heterocycles. The number of aliphatic imine (C=N–C) groups is 1. The van der Waals surface area contributed by atoms with Crippen molar-refractivity contribution in [1.82, 2.24) is 15.1 Å². The van der Waals surface area contributed by atoms with Crippen LogP contribution in [-0.4, -0.2) is 67.6 Å². The van der Waals surface area contributed by atoms with Gasteiger partial charge in [-0.05, 0) is 49.1 Å². The summed E-state index contributed by atoms with van der Waals surface area (Å²) in [6.07, 6.45) is 6.06. The predicted octanol–water partition coefficient (Wildman–Crippen LogP) is 2.04. The summed E-state index contributed by atoms with van der Waals surface area (Å²) in [6, 6.07) is 8.40. The van der Waals surface area contributed by atoms with Crippen LogP contribution in [0.25, 0.3) is 0 Å². The van der Waals surface area contributed by atoms with Crippen molar-refractivity contribution in [3.8, 4) is 0 Å². The first-order valence-electron chi connectivity index (χ1n) is 10.6. The lowest BCUT2D eigenvalue weighted by Crippen LogP contribution is -2.50. The number of hydrogen-bond acceptors (Lipinski definition) is 3. The first-order chi connectivity index (χ1) is 13.7. The van der Waals surface area contributed by atoms with E-state index in [0.717, 1.165) is 57.4 Å². The summed E-state index contributed by atoms with van der Waals surface area (Å²) < 4.78 is 6.03. The number of guanidine groups is 1. The van der Waals surface area contributed by atoms with Gasteiger partial charge in [-0.15, -0.1) is 0 Å². The maximum Gasteiger partial charge on any atom is 0.242 e. The fourth-order valence-corrected chi connectivity index (χ4v) is 4.10. The van der Waals surface area contributed by atoms with Crippen LogP contribution in [0.3, 0.4) is 0 Å². The maximum absolute atomic E-state index is 12.7. The average Bonchev–Trinajstić information content (AvgIpc) is 3.57. The summed E-state index contributed by atoms with van der Waals surface area (Å²) in [7, 11) is 1.79. The lowest BCUT2D eigenvalue weighted by atomic mass is 10.00. The molecule has 0 aromatic heterocycles. The van der Waals surface area contributed by atoms with Gasteiger partial charge in [-0.25, -0.2) is 0 Å². The number of rotatable bonds is 5. The molecule has 6 nitrogen and oxygen atoms in total. The van der Waals surface area contributed by atoms with Gasteiger partial charge in [-0.2, -0.15) is 0 Å². The molecule has 1 aliphatic carbocycles. The van der Waals surface area contributed by atoms with E-state index in [1.807, 2.05) is 11.0 Å². The molecule has 0 bridgehead atoms. The standard InChI is InChI=1S/C22H32N4O2/c1-23-22(25-12-9-20(10-13-25)28-16-17-6-7-17)24-14-21(27)26-11-8-18-4-2-3-5-19(18)15-26/h2-5,17,20H,6-16H2,1H3,(H,23,24). The molecule has 1 amide bonds. The summed E-state index contributed by atoms with van der Waals surface area (Å²) in [4.78, 5) is 21.3. The second-order valence-electron chi connectivity index (χ2n) is 8.20. The number of ether oxygens (including phenoxy) is 1. The topological polar surface area (TPSA) is 57.2 Å². The lowest BCUT2D eigenvalue weighted by Gasteiger charge is -2.34. The van der Waals surface area contributed by atoms with Gasteiger partial charge in [0.2, 0.25) is 5.91 Å². The minimum Gasteiger partial charge on any atom is -0.378 e. The smallest absolute Gasteiger partial charge is 0.242 e. The van der Waals surface area contributed by atoms with Crippen molar-refractivity contribution in [2.45, 2.75) is 44.8 Å². The zero-order valence-electron chi connectivity index (χ0n) is 16.9. The molecule has 0 unspecified atom stereocenters. The van der Waals surface area contributed by atoms with Gasteiger partial charge in [0.15, 0.2) is 5.96 Å². The van der Waals surface area contributed by atoms with Gasteiger partial charge >= 0.3 is 0 Å². The normalized spacial score (nSPS) is 20.8. The largest absolute Gasteiger partial charge is 0.378 e. The highest BCUT2D eigenvalue weighted by molar-refractivity contribution is 5.86. The van der Waals surface area contributed by atoms with E-state index in [2.05, 4.69) is 33.4 Å². The zero-order valence-corrected chi connectivity index (χ0v) is 16.9. The third-order valence-electron chi connectivity index (χ3n) is 6.10. The molecule has 1 aromatic carbocycles. The van der Waals surface area contributed by atoms with E-state index in [0.29, 0.717) is 19.2 Å². The highest BCUT2D eigenvalue weighted by atomic mass is 16.5. The fourth-order valence-electron chi connectivity index (χ4n) is 4.10. The molecule has 6 heteroatoms. The molecule has 0 spiro atoms. The summed E-state index contributed by atoms with van der Waals surface area (Å²) in [5.41, 5.74) is 2.63. The van der Waals surface area contributed by atoms with Crippen molar-refractivity contribution < 1.29 is 9.53 Å². The summed E-state index contributed by atoms with van der Waals surface area (Å²) in [6.45, 7) is 4.59. The molecule has 152 valence electrons. The molecule has 2 heterocycles. The van der Waals surface area contributed by atoms with Crippen LogP contribution in [-0.2, 0) is 22.5 Å². The van der Waals surface area contributed by atoms with E-state index in [4.69, 9.17) is 4.74 Å². The number of fused-ring (bicyclic) bond motifs is 1. The Kier molecular flexibility index (Phi) is 6.15. The second-order valence-corrected chi connectivity index (χ2v) is 8.20. The predicted molar refractivity (Wildman–Crippen MR) is 110 cm³/mol. The molecule has 28 heavy (non-hydrogen) atoms. The zero-order chi connectivity index (χ0) is 19.3. The molecule has 2 fully saturated rings. The fraction of sp³-hybridized carbons (Fsp3) is 0.636. The van der Waals surface area contributed by atoms with Crippen molar-refractivity contribution in [1.29, 1.82) is 0 Å². The third kappa shape index (κ3) is 4.85. The number of benzene rings is 1. The molecule has 2 aliphatic heterocycles. The Balaban J connectivity index is 1.21. The van der Waals surface area contributed by atoms with E-state index in [9.17, 15) is 4.79 Å². The van der Waals surface area contributed by atoms with E-state index < -0.39 is 0 Å². The van der Waals surface area contributed by atoms with Gasteiger partial charge in [0.1, 0.15) is 0 Å². The molecule has 4 rings (SSSR count). The van der Waals surface area contributed by atoms with Crippen LogP contribution in [0.5, 0.6) is 0 Å². The van der Waals surface area contributed by atoms with Gasteiger partial charge in [-0.3, -0.25) is 9.79 Å². The van der Waals surface area contributed by atoms with Gasteiger partial charge in [0.05, 0.1) is 12.6 Å². The molecule has 1 saturated carbocycles. The number of likely N-dealkylation sites (tertiary alicyclic amines) is 1. The van der Waals surface area contributed by atoms with E-state index >= 15 is 0 Å². The van der Waals surface area contributed by atoms with E-state index in [1.165, 1.54) is 24.0 Å². The first kappa shape index (κ1) is 19.2. The molecule has 1 N–H and O–H groups in total. The van der Waals surface area contributed by atoms with Crippen molar-refractivity contribution in [2.24, 2.45) is 10.9 Å². The van der Waals surface area contributed by atoms with E-state index in [-0.39, 0.29) is 5.91 Å². The number of carbonyl (C=O) groups excluding carboxylic acids is 1. The Bertz CT molecular complexity index is 708. The van der Waals surface area contributed by atoms with Crippen LogP contribution in [0.4, 0.5) is 0 Å². The second kappa shape index (κ2) is 8.95. The van der Waals surface area contributed by atoms with Crippen molar-refractivity contribution in [2.75, 3.05) is 39.8 Å². The number of carbonyl (C=O) groups is 1. The van der Waals surface area contributed by atoms with Crippen LogP contribution in [0.1, 0.15) is 36.8 Å². The molecule has 0 radical (unpaired) electrons. The molecule has 0 atom stereocenters. The van der Waals surface area contributed by atoms with Crippen LogP contribution >= 0.6 is 0 Å². The minimum absolute atomic E-state index is 0.137. The van der Waals surface area contributed by atoms with Crippen LogP contribution in [0.15, 0.2) is 29.3 Å². The van der Waals surface area contributed by atoms with Crippen LogP contribution < -0.4 is 5.32 Å². The monoisotopic (exact) mass is 384 g/mol. The number of amides is 1. The molecular formula is C22H32N4O2. The minimum atomic E-state index is 0.137. The van der Waals surface area contributed by atoms with Gasteiger partial charge < -0.3 is 19.9 Å². The van der Waals surface area contributed by atoms with E-state index in [1.54, 1.807) is 7.05 Å². The maximum atomic E-state index is 12.7. The number of hydrogen-bond donors (Lipinski definition) is 1. The Labute approximate surface area is 167 Å². The van der Waals surface area contributed by atoms with Crippen LogP contribution in [0, 0.1) is 5.92 Å². The number of nitrogens with one attached hydrogen (secondary N) is 1. The average molecular weight is 385 g/mol. The SMILES string of the molecule is CN=C(NCC(=O)N1CCc2ccccc2C1)N1CCC(OCC2CC2)CC1. The lowest BCUT2D eigenvalue weighted by molar-refractivity contribution is -0.130. The first-order valence-corrected chi connectivity index (χ1v) is 10.6. The van der Waals surface area contributed by atoms with Gasteiger partial charge in [0.25, 0.3) is 0 Å². The summed E-state index contributed by atoms with van der Waals surface area (Å²) in [5, 5.41) is 3.28. The Morgan fingerprint density at radius 1 is 1.11 bits per heavy atom. The summed E-state index contributed by atoms with van der Waals surface area (Å²) in [5.74, 6) is 1.78. The summed E-state index contributed by atoms with van der Waals surface area (Å²) >= 11 is 0. The van der Waals surface area contributed by atoms with Crippen LogP contribution in [0.2, 0.25) is 0 Å². The number of nitrogens with zero attached hydrogens (tertiary/aromatic N) is 3. The Hall–Kier alpha value is -2.08. The number of piperidine rings is 1. The Morgan fingerprint density at radius 2 is 1.86 bits per heavy atom. The molecule has 1 aromatic rings. The third-order valence-corrected chi connectivity index (χ3v) is 6.10. The quantitative estimate of drug-likeness (QED) is 0.624. The Morgan fingerprint density at radius 3 is 2.57 bits per heavy atom. The van der Waals surface area contributed by atoms with Crippen molar-refractivity contribution in [3.63, 3.8) is 0 Å². The highest BCUT2D eigenvalue weighted by Crippen LogP contribution is 2.30. The van der Waals surface area contributed by atoms with Gasteiger partial charge in [-0.1, -0.05) is 24.3 Å². The van der Waals surface area contributed by atoms with Crippen molar-refractivity contribution >= 4 is 11.9 Å². The highest BCUT2D eigenvalue weighted by Gasteiger charge is 2.27. The molecular weight excluding hydrogens is 352 g/mol.